The van der Waals surface area contributed by atoms with Gasteiger partial charge in [0.1, 0.15) is 0 Å². The molecule has 1 aliphatic carbocycles. The van der Waals surface area contributed by atoms with E-state index < -0.39 is 8.32 Å². The van der Waals surface area contributed by atoms with Gasteiger partial charge in [0.15, 0.2) is 8.32 Å². The molecular formula is C13H21OPSi. The second kappa shape index (κ2) is 4.85. The summed E-state index contributed by atoms with van der Waals surface area (Å²) in [5, 5.41) is 1.20. The summed E-state index contributed by atoms with van der Waals surface area (Å²) in [6.45, 7) is 13.3. The van der Waals surface area contributed by atoms with Crippen molar-refractivity contribution in [2.75, 3.05) is 0 Å². The van der Waals surface area contributed by atoms with Gasteiger partial charge in [-0.15, -0.1) is 5.73 Å². The summed E-state index contributed by atoms with van der Waals surface area (Å²) in [6, 6.07) is 0. The van der Waals surface area contributed by atoms with Gasteiger partial charge in [0, 0.05) is 10.7 Å². The SMILES string of the molecule is CC(C)(C)C(O[Si](C)(C)C)=PC1=C=CC=C1. The smallest absolute Gasteiger partial charge is 0.191 e. The van der Waals surface area contributed by atoms with E-state index in [2.05, 4.69) is 52.2 Å². The molecule has 0 spiro atoms. The van der Waals surface area contributed by atoms with Crippen molar-refractivity contribution in [1.82, 2.24) is 0 Å². The Bertz CT molecular complexity index is 385. The summed E-state index contributed by atoms with van der Waals surface area (Å²) in [6.07, 6.45) is 6.08. The molecule has 0 aromatic heterocycles. The van der Waals surface area contributed by atoms with Crippen LogP contribution in [0.4, 0.5) is 0 Å². The standard InChI is InChI=1S/C13H21OPSi/c1-13(2,3)12(14-16(4,5)6)15-11-9-7-8-10-11/h7-9H,1-6H3. The highest BCUT2D eigenvalue weighted by Gasteiger charge is 2.25. The Hall–Kier alpha value is -0.393. The molecule has 0 heterocycles. The molecule has 0 radical (unpaired) electrons. The van der Waals surface area contributed by atoms with E-state index in [4.69, 9.17) is 4.43 Å². The van der Waals surface area contributed by atoms with Gasteiger partial charge in [-0.25, -0.2) is 0 Å². The highest BCUT2D eigenvalue weighted by Crippen LogP contribution is 2.30. The van der Waals surface area contributed by atoms with Gasteiger partial charge in [0.25, 0.3) is 0 Å². The van der Waals surface area contributed by atoms with Gasteiger partial charge < -0.3 is 4.43 Å². The third kappa shape index (κ3) is 4.63. The van der Waals surface area contributed by atoms with Gasteiger partial charge >= 0.3 is 0 Å². The predicted octanol–water partition coefficient (Wildman–Crippen LogP) is 4.57. The Balaban J connectivity index is 2.97. The van der Waals surface area contributed by atoms with E-state index in [-0.39, 0.29) is 5.41 Å². The van der Waals surface area contributed by atoms with Crippen molar-refractivity contribution < 1.29 is 4.43 Å². The molecule has 0 atom stereocenters. The first-order valence-corrected chi connectivity index (χ1v) is 9.90. The fourth-order valence-corrected chi connectivity index (χ4v) is 3.88. The minimum atomic E-state index is -1.52. The van der Waals surface area contributed by atoms with Crippen LogP contribution in [0.15, 0.2) is 29.3 Å². The van der Waals surface area contributed by atoms with Crippen molar-refractivity contribution in [1.29, 1.82) is 0 Å². The first-order chi connectivity index (χ1) is 7.18. The largest absolute Gasteiger partial charge is 0.385 e. The van der Waals surface area contributed by atoms with Gasteiger partial charge in [0.05, 0.1) is 5.48 Å². The molecule has 3 heteroatoms. The molecule has 88 valence electrons. The third-order valence-corrected chi connectivity index (χ3v) is 4.32. The van der Waals surface area contributed by atoms with Gasteiger partial charge in [-0.05, 0) is 40.0 Å². The number of hydrogen-bond acceptors (Lipinski definition) is 1. The monoisotopic (exact) mass is 252 g/mol. The fraction of sp³-hybridized carbons (Fsp3) is 0.538. The molecule has 0 aliphatic heterocycles. The van der Waals surface area contributed by atoms with Gasteiger partial charge in [-0.1, -0.05) is 26.8 Å². The zero-order valence-electron chi connectivity index (χ0n) is 11.1. The van der Waals surface area contributed by atoms with Crippen LogP contribution in [0.25, 0.3) is 0 Å². The lowest BCUT2D eigenvalue weighted by Crippen LogP contribution is -2.34. The lowest BCUT2D eigenvalue weighted by Gasteiger charge is -2.28. The van der Waals surface area contributed by atoms with Gasteiger partial charge in [0.2, 0.25) is 0 Å². The average molecular weight is 252 g/mol. The second-order valence-corrected chi connectivity index (χ2v) is 11.5. The quantitative estimate of drug-likeness (QED) is 0.406. The molecule has 0 amide bonds. The summed E-state index contributed by atoms with van der Waals surface area (Å²) in [7, 11) is -0.361. The molecule has 16 heavy (non-hydrogen) atoms. The van der Waals surface area contributed by atoms with Crippen LogP contribution in [0.1, 0.15) is 20.8 Å². The zero-order valence-corrected chi connectivity index (χ0v) is 13.0. The molecule has 0 saturated heterocycles. The molecule has 0 aromatic rings. The molecule has 0 N–H and O–H groups in total. The molecule has 0 fully saturated rings. The van der Waals surface area contributed by atoms with Crippen LogP contribution < -0.4 is 0 Å². The maximum Gasteiger partial charge on any atom is 0.191 e. The van der Waals surface area contributed by atoms with E-state index >= 15 is 0 Å². The Labute approximate surface area is 102 Å². The molecule has 1 nitrogen and oxygen atoms in total. The van der Waals surface area contributed by atoms with E-state index in [1.165, 1.54) is 5.31 Å². The summed E-state index contributed by atoms with van der Waals surface area (Å²) in [5.74, 6) is 0. The topological polar surface area (TPSA) is 9.23 Å². The fourth-order valence-electron chi connectivity index (χ4n) is 1.13. The van der Waals surface area contributed by atoms with E-state index in [0.29, 0.717) is 0 Å². The van der Waals surface area contributed by atoms with Crippen LogP contribution in [0, 0.1) is 5.41 Å². The summed E-state index contributed by atoms with van der Waals surface area (Å²) >= 11 is 0. The zero-order chi connectivity index (χ0) is 12.4. The minimum absolute atomic E-state index is 0.0902. The van der Waals surface area contributed by atoms with Crippen LogP contribution in [-0.4, -0.2) is 13.8 Å². The Morgan fingerprint density at radius 2 is 1.94 bits per heavy atom. The lowest BCUT2D eigenvalue weighted by atomic mass is 9.99. The number of allylic oxidation sites excluding steroid dienone is 3. The van der Waals surface area contributed by atoms with Crippen molar-refractivity contribution >= 4 is 22.0 Å². The Morgan fingerprint density at radius 1 is 1.31 bits per heavy atom. The predicted molar refractivity (Wildman–Crippen MR) is 76.5 cm³/mol. The number of hydrogen-bond donors (Lipinski definition) is 0. The van der Waals surface area contributed by atoms with Crippen LogP contribution in [-0.2, 0) is 4.43 Å². The first-order valence-electron chi connectivity index (χ1n) is 5.60. The first kappa shape index (κ1) is 13.7. The molecule has 0 unspecified atom stereocenters. The highest BCUT2D eigenvalue weighted by molar-refractivity contribution is 7.45. The van der Waals surface area contributed by atoms with Gasteiger partial charge in [-0.3, -0.25) is 0 Å². The van der Waals surface area contributed by atoms with Crippen molar-refractivity contribution in [3.8, 4) is 0 Å². The van der Waals surface area contributed by atoms with E-state index in [1.807, 2.05) is 12.2 Å². The van der Waals surface area contributed by atoms with Crippen molar-refractivity contribution in [3.05, 3.63) is 29.3 Å². The Kier molecular flexibility index (Phi) is 4.15. The molecule has 0 aromatic carbocycles. The summed E-state index contributed by atoms with van der Waals surface area (Å²) in [4.78, 5) is 0. The van der Waals surface area contributed by atoms with Crippen LogP contribution in [0.3, 0.4) is 0 Å². The average Bonchev–Trinajstić information content (AvgIpc) is 2.51. The van der Waals surface area contributed by atoms with Crippen molar-refractivity contribution in [3.63, 3.8) is 0 Å². The minimum Gasteiger partial charge on any atom is -0.385 e. The maximum atomic E-state index is 6.20. The highest BCUT2D eigenvalue weighted by atomic mass is 31.1. The van der Waals surface area contributed by atoms with Crippen LogP contribution in [0.5, 0.6) is 0 Å². The molecular weight excluding hydrogens is 231 g/mol. The third-order valence-electron chi connectivity index (χ3n) is 1.85. The molecule has 1 aliphatic rings. The summed E-state index contributed by atoms with van der Waals surface area (Å²) in [5.41, 5.74) is 4.48. The lowest BCUT2D eigenvalue weighted by molar-refractivity contribution is 0.447. The van der Waals surface area contributed by atoms with Crippen LogP contribution in [0.2, 0.25) is 19.6 Å². The molecule has 0 bridgehead atoms. The van der Waals surface area contributed by atoms with E-state index in [1.54, 1.807) is 0 Å². The van der Waals surface area contributed by atoms with E-state index in [9.17, 15) is 0 Å². The normalized spacial score (nSPS) is 16.9. The molecule has 0 saturated carbocycles. The number of rotatable bonds is 3. The van der Waals surface area contributed by atoms with Gasteiger partial charge in [-0.2, -0.15) is 0 Å². The maximum absolute atomic E-state index is 6.20. The summed E-state index contributed by atoms with van der Waals surface area (Å²) < 4.78 is 6.20. The molecule has 1 rings (SSSR count). The van der Waals surface area contributed by atoms with E-state index in [0.717, 1.165) is 13.7 Å². The van der Waals surface area contributed by atoms with Crippen molar-refractivity contribution in [2.24, 2.45) is 5.41 Å². The van der Waals surface area contributed by atoms with Crippen molar-refractivity contribution in [2.45, 2.75) is 40.4 Å². The second-order valence-electron chi connectivity index (χ2n) is 5.94. The Morgan fingerprint density at radius 3 is 2.31 bits per heavy atom. The van der Waals surface area contributed by atoms with Crippen LogP contribution >= 0.6 is 8.20 Å².